The Bertz CT molecular complexity index is 312. The normalized spacial score (nSPS) is 27.5. The van der Waals surface area contributed by atoms with E-state index >= 15 is 0 Å². The fraction of sp³-hybridized carbons (Fsp3) is 0.692. The number of nitrogens with zero attached hydrogens (tertiary/aromatic N) is 1. The molecule has 0 amide bonds. The quantitative estimate of drug-likeness (QED) is 0.873. The van der Waals surface area contributed by atoms with Gasteiger partial charge in [-0.05, 0) is 51.1 Å². The van der Waals surface area contributed by atoms with Gasteiger partial charge in [0, 0.05) is 17.0 Å². The van der Waals surface area contributed by atoms with Crippen molar-refractivity contribution in [2.75, 3.05) is 7.05 Å². The van der Waals surface area contributed by atoms with Crippen LogP contribution in [0.3, 0.4) is 0 Å². The van der Waals surface area contributed by atoms with Crippen LogP contribution in [-0.2, 0) is 6.42 Å². The van der Waals surface area contributed by atoms with Gasteiger partial charge in [-0.3, -0.25) is 4.90 Å². The minimum atomic E-state index is -0.115. The Kier molecular flexibility index (Phi) is 4.00. The molecule has 16 heavy (non-hydrogen) atoms. The highest BCUT2D eigenvalue weighted by Gasteiger charge is 2.30. The first-order chi connectivity index (χ1) is 7.68. The van der Waals surface area contributed by atoms with Crippen LogP contribution < -0.4 is 0 Å². The summed E-state index contributed by atoms with van der Waals surface area (Å²) in [5.74, 6) is 0. The zero-order chi connectivity index (χ0) is 11.5. The van der Waals surface area contributed by atoms with Gasteiger partial charge in [0.15, 0.2) is 0 Å². The highest BCUT2D eigenvalue weighted by atomic mass is 32.1. The predicted molar refractivity (Wildman–Crippen MR) is 68.9 cm³/mol. The molecule has 0 aromatic carbocycles. The Labute approximate surface area is 102 Å². The highest BCUT2D eigenvalue weighted by Crippen LogP contribution is 2.25. The lowest BCUT2D eigenvalue weighted by Gasteiger charge is -2.32. The van der Waals surface area contributed by atoms with Crippen molar-refractivity contribution < 1.29 is 5.11 Å². The van der Waals surface area contributed by atoms with E-state index in [2.05, 4.69) is 36.4 Å². The summed E-state index contributed by atoms with van der Waals surface area (Å²) in [5, 5.41) is 12.0. The number of aliphatic hydroxyl groups excluding tert-OH is 1. The van der Waals surface area contributed by atoms with Gasteiger partial charge in [-0.2, -0.15) is 0 Å². The summed E-state index contributed by atoms with van der Waals surface area (Å²) >= 11 is 1.82. The van der Waals surface area contributed by atoms with Crippen molar-refractivity contribution in [3.63, 3.8) is 0 Å². The number of likely N-dealkylation sites (N-methyl/N-ethyl adjacent to an activating group) is 1. The Morgan fingerprint density at radius 1 is 1.56 bits per heavy atom. The Balaban J connectivity index is 1.91. The highest BCUT2D eigenvalue weighted by molar-refractivity contribution is 7.09. The first-order valence-corrected chi connectivity index (χ1v) is 6.99. The van der Waals surface area contributed by atoms with Crippen molar-refractivity contribution in [2.24, 2.45) is 0 Å². The van der Waals surface area contributed by atoms with E-state index in [0.717, 1.165) is 19.3 Å². The molecule has 1 saturated carbocycles. The Morgan fingerprint density at radius 3 is 2.94 bits per heavy atom. The van der Waals surface area contributed by atoms with E-state index in [1.165, 1.54) is 11.3 Å². The van der Waals surface area contributed by atoms with Gasteiger partial charge in [0.1, 0.15) is 0 Å². The van der Waals surface area contributed by atoms with Crippen molar-refractivity contribution in [1.29, 1.82) is 0 Å². The lowest BCUT2D eigenvalue weighted by molar-refractivity contribution is 0.0659. The van der Waals surface area contributed by atoms with Crippen molar-refractivity contribution in [3.05, 3.63) is 22.4 Å². The van der Waals surface area contributed by atoms with E-state index < -0.39 is 0 Å². The monoisotopic (exact) mass is 239 g/mol. The average molecular weight is 239 g/mol. The van der Waals surface area contributed by atoms with Crippen LogP contribution in [0, 0.1) is 0 Å². The molecule has 1 heterocycles. The minimum Gasteiger partial charge on any atom is -0.391 e. The average Bonchev–Trinajstić information content (AvgIpc) is 2.88. The molecule has 0 bridgehead atoms. The molecule has 90 valence electrons. The third kappa shape index (κ3) is 2.65. The molecule has 1 aliphatic carbocycles. The van der Waals surface area contributed by atoms with Crippen LogP contribution in [0.25, 0.3) is 0 Å². The summed E-state index contributed by atoms with van der Waals surface area (Å²) < 4.78 is 0. The Morgan fingerprint density at radius 2 is 2.38 bits per heavy atom. The van der Waals surface area contributed by atoms with Crippen LogP contribution in [-0.4, -0.2) is 35.2 Å². The third-order valence-corrected chi connectivity index (χ3v) is 4.64. The number of aliphatic hydroxyl groups is 1. The Hall–Kier alpha value is -0.380. The molecular formula is C13H21NOS. The molecule has 1 N–H and O–H groups in total. The molecule has 1 fully saturated rings. The summed E-state index contributed by atoms with van der Waals surface area (Å²) in [5.41, 5.74) is 0. The van der Waals surface area contributed by atoms with Crippen LogP contribution in [0.15, 0.2) is 17.5 Å². The molecule has 1 aromatic heterocycles. The molecular weight excluding hydrogens is 218 g/mol. The van der Waals surface area contributed by atoms with Gasteiger partial charge < -0.3 is 5.11 Å². The van der Waals surface area contributed by atoms with Gasteiger partial charge >= 0.3 is 0 Å². The number of thiophene rings is 1. The molecule has 0 saturated heterocycles. The van der Waals surface area contributed by atoms with Crippen LogP contribution in [0.1, 0.15) is 31.1 Å². The molecule has 0 radical (unpaired) electrons. The number of hydrogen-bond donors (Lipinski definition) is 1. The molecule has 0 aliphatic heterocycles. The van der Waals surface area contributed by atoms with Gasteiger partial charge in [0.25, 0.3) is 0 Å². The SMILES string of the molecule is CC(Cc1cccs1)N(C)C1CCCC1O. The van der Waals surface area contributed by atoms with E-state index in [4.69, 9.17) is 0 Å². The van der Waals surface area contributed by atoms with Crippen molar-refractivity contribution in [2.45, 2.75) is 50.8 Å². The summed E-state index contributed by atoms with van der Waals surface area (Å²) in [7, 11) is 2.15. The second-order valence-electron chi connectivity index (χ2n) is 4.86. The van der Waals surface area contributed by atoms with Gasteiger partial charge in [0.2, 0.25) is 0 Å². The van der Waals surface area contributed by atoms with Crippen LogP contribution in [0.5, 0.6) is 0 Å². The summed E-state index contributed by atoms with van der Waals surface area (Å²) in [4.78, 5) is 3.80. The lowest BCUT2D eigenvalue weighted by atomic mass is 10.1. The van der Waals surface area contributed by atoms with E-state index in [-0.39, 0.29) is 6.10 Å². The van der Waals surface area contributed by atoms with Crippen LogP contribution in [0.2, 0.25) is 0 Å². The fourth-order valence-corrected chi connectivity index (χ4v) is 3.41. The topological polar surface area (TPSA) is 23.5 Å². The molecule has 3 heteroatoms. The first-order valence-electron chi connectivity index (χ1n) is 6.11. The van der Waals surface area contributed by atoms with E-state index in [0.29, 0.717) is 12.1 Å². The zero-order valence-corrected chi connectivity index (χ0v) is 10.9. The van der Waals surface area contributed by atoms with E-state index in [9.17, 15) is 5.11 Å². The molecule has 2 rings (SSSR count). The van der Waals surface area contributed by atoms with Crippen LogP contribution >= 0.6 is 11.3 Å². The van der Waals surface area contributed by atoms with Crippen LogP contribution in [0.4, 0.5) is 0 Å². The first kappa shape index (κ1) is 12.1. The standard InChI is InChI=1S/C13H21NOS/c1-10(9-11-5-4-8-16-11)14(2)12-6-3-7-13(12)15/h4-5,8,10,12-13,15H,3,6-7,9H2,1-2H3. The van der Waals surface area contributed by atoms with Gasteiger partial charge in [-0.15, -0.1) is 11.3 Å². The third-order valence-electron chi connectivity index (χ3n) is 3.74. The van der Waals surface area contributed by atoms with Crippen molar-refractivity contribution >= 4 is 11.3 Å². The fourth-order valence-electron chi connectivity index (χ4n) is 2.59. The minimum absolute atomic E-state index is 0.115. The zero-order valence-electron chi connectivity index (χ0n) is 10.1. The summed E-state index contributed by atoms with van der Waals surface area (Å²) in [6, 6.07) is 5.18. The number of rotatable bonds is 4. The summed E-state index contributed by atoms with van der Waals surface area (Å²) in [6.45, 7) is 2.25. The number of hydrogen-bond acceptors (Lipinski definition) is 3. The summed E-state index contributed by atoms with van der Waals surface area (Å²) in [6.07, 6.45) is 4.27. The van der Waals surface area contributed by atoms with Gasteiger partial charge in [0.05, 0.1) is 6.10 Å². The van der Waals surface area contributed by atoms with E-state index in [1.54, 1.807) is 0 Å². The molecule has 1 aromatic rings. The van der Waals surface area contributed by atoms with E-state index in [1.807, 2.05) is 11.3 Å². The second kappa shape index (κ2) is 5.30. The smallest absolute Gasteiger partial charge is 0.0695 e. The maximum absolute atomic E-state index is 9.90. The molecule has 0 spiro atoms. The van der Waals surface area contributed by atoms with Gasteiger partial charge in [-0.1, -0.05) is 6.07 Å². The second-order valence-corrected chi connectivity index (χ2v) is 5.90. The maximum Gasteiger partial charge on any atom is 0.0695 e. The largest absolute Gasteiger partial charge is 0.391 e. The van der Waals surface area contributed by atoms with Crippen molar-refractivity contribution in [3.8, 4) is 0 Å². The molecule has 1 aliphatic rings. The molecule has 2 nitrogen and oxygen atoms in total. The van der Waals surface area contributed by atoms with Gasteiger partial charge in [-0.25, -0.2) is 0 Å². The molecule has 3 unspecified atom stereocenters. The maximum atomic E-state index is 9.90. The predicted octanol–water partition coefficient (Wildman–Crippen LogP) is 2.52. The molecule has 3 atom stereocenters. The van der Waals surface area contributed by atoms with Crippen molar-refractivity contribution in [1.82, 2.24) is 4.90 Å². The lowest BCUT2D eigenvalue weighted by Crippen LogP contribution is -2.43.